The van der Waals surface area contributed by atoms with Crippen LogP contribution in [0.1, 0.15) is 39.5 Å². The van der Waals surface area contributed by atoms with Gasteiger partial charge in [0.2, 0.25) is 0 Å². The summed E-state index contributed by atoms with van der Waals surface area (Å²) >= 11 is 0. The first-order valence-corrected chi connectivity index (χ1v) is 6.20. The van der Waals surface area contributed by atoms with Crippen molar-refractivity contribution in [2.75, 3.05) is 20.1 Å². The highest BCUT2D eigenvalue weighted by Crippen LogP contribution is 2.22. The lowest BCUT2D eigenvalue weighted by molar-refractivity contribution is 0.263. The quantitative estimate of drug-likeness (QED) is 0.677. The molecule has 1 fully saturated rings. The molecule has 0 heterocycles. The third-order valence-corrected chi connectivity index (χ3v) is 3.18. The minimum atomic E-state index is 0.554. The van der Waals surface area contributed by atoms with Crippen LogP contribution in [-0.4, -0.2) is 37.1 Å². The standard InChI is InChI=1S/C13H26N2/c1-11(2)14-9-12(3)10-15(4)13-7-5-6-8-13/h11,13-14H,3,5-10H2,1-2,4H3. The fourth-order valence-corrected chi connectivity index (χ4v) is 2.23. The van der Waals surface area contributed by atoms with Crippen LogP contribution >= 0.6 is 0 Å². The van der Waals surface area contributed by atoms with Gasteiger partial charge >= 0.3 is 0 Å². The molecule has 0 aromatic rings. The predicted molar refractivity (Wildman–Crippen MR) is 67.2 cm³/mol. The number of hydrogen-bond donors (Lipinski definition) is 1. The molecule has 0 bridgehead atoms. The van der Waals surface area contributed by atoms with Crippen molar-refractivity contribution in [1.29, 1.82) is 0 Å². The van der Waals surface area contributed by atoms with Crippen molar-refractivity contribution in [1.82, 2.24) is 10.2 Å². The molecule has 1 aliphatic rings. The molecule has 88 valence electrons. The van der Waals surface area contributed by atoms with E-state index in [1.54, 1.807) is 0 Å². The maximum absolute atomic E-state index is 4.13. The molecule has 0 atom stereocenters. The highest BCUT2D eigenvalue weighted by molar-refractivity contribution is 5.00. The molecule has 0 aromatic carbocycles. The Labute approximate surface area is 94.7 Å². The van der Waals surface area contributed by atoms with Crippen molar-refractivity contribution in [2.45, 2.75) is 51.6 Å². The normalized spacial score (nSPS) is 17.9. The second kappa shape index (κ2) is 6.29. The van der Waals surface area contributed by atoms with Crippen molar-refractivity contribution >= 4 is 0 Å². The molecular formula is C13H26N2. The lowest BCUT2D eigenvalue weighted by atomic mass is 10.2. The van der Waals surface area contributed by atoms with Crippen molar-refractivity contribution in [2.24, 2.45) is 0 Å². The Morgan fingerprint density at radius 3 is 2.53 bits per heavy atom. The number of nitrogens with one attached hydrogen (secondary N) is 1. The van der Waals surface area contributed by atoms with Crippen LogP contribution in [0.5, 0.6) is 0 Å². The molecule has 1 aliphatic carbocycles. The fourth-order valence-electron chi connectivity index (χ4n) is 2.23. The third kappa shape index (κ3) is 4.80. The van der Waals surface area contributed by atoms with Gasteiger partial charge in [0.1, 0.15) is 0 Å². The van der Waals surface area contributed by atoms with Crippen LogP contribution in [0, 0.1) is 0 Å². The summed E-state index contributed by atoms with van der Waals surface area (Å²) in [5, 5.41) is 3.41. The molecule has 0 spiro atoms. The van der Waals surface area contributed by atoms with E-state index in [4.69, 9.17) is 0 Å². The van der Waals surface area contributed by atoms with Gasteiger partial charge in [-0.2, -0.15) is 0 Å². The molecule has 1 N–H and O–H groups in total. The minimum absolute atomic E-state index is 0.554. The maximum atomic E-state index is 4.13. The molecule has 2 nitrogen and oxygen atoms in total. The van der Waals surface area contributed by atoms with Gasteiger partial charge in [-0.05, 0) is 25.5 Å². The average molecular weight is 210 g/mol. The largest absolute Gasteiger partial charge is 0.311 e. The predicted octanol–water partition coefficient (Wildman–Crippen LogP) is 2.42. The smallest absolute Gasteiger partial charge is 0.0202 e. The topological polar surface area (TPSA) is 15.3 Å². The van der Waals surface area contributed by atoms with E-state index in [1.165, 1.54) is 31.3 Å². The molecule has 0 aromatic heterocycles. The molecule has 2 heteroatoms. The average Bonchev–Trinajstić information content (AvgIpc) is 2.67. The van der Waals surface area contributed by atoms with E-state index in [9.17, 15) is 0 Å². The van der Waals surface area contributed by atoms with Crippen molar-refractivity contribution in [3.8, 4) is 0 Å². The van der Waals surface area contributed by atoms with Crippen molar-refractivity contribution < 1.29 is 0 Å². The third-order valence-electron chi connectivity index (χ3n) is 3.18. The Morgan fingerprint density at radius 1 is 1.40 bits per heavy atom. The van der Waals surface area contributed by atoms with Gasteiger partial charge in [-0.1, -0.05) is 33.3 Å². The summed E-state index contributed by atoms with van der Waals surface area (Å²) in [7, 11) is 2.23. The highest BCUT2D eigenvalue weighted by Gasteiger charge is 2.19. The van der Waals surface area contributed by atoms with E-state index in [2.05, 4.69) is 37.7 Å². The molecule has 0 aliphatic heterocycles. The van der Waals surface area contributed by atoms with Crippen LogP contribution in [0.2, 0.25) is 0 Å². The number of hydrogen-bond acceptors (Lipinski definition) is 2. The molecule has 0 amide bonds. The lowest BCUT2D eigenvalue weighted by Crippen LogP contribution is -2.34. The van der Waals surface area contributed by atoms with Crippen LogP contribution in [0.25, 0.3) is 0 Å². The molecule has 0 radical (unpaired) electrons. The summed E-state index contributed by atoms with van der Waals surface area (Å²) in [6, 6.07) is 1.36. The van der Waals surface area contributed by atoms with Crippen LogP contribution in [0.15, 0.2) is 12.2 Å². The molecule has 1 saturated carbocycles. The fraction of sp³-hybridized carbons (Fsp3) is 0.846. The Bertz CT molecular complexity index is 193. The van der Waals surface area contributed by atoms with E-state index in [-0.39, 0.29) is 0 Å². The molecule has 15 heavy (non-hydrogen) atoms. The first-order valence-electron chi connectivity index (χ1n) is 6.20. The SMILES string of the molecule is C=C(CNC(C)C)CN(C)C1CCCC1. The Balaban J connectivity index is 2.18. The second-order valence-corrected chi connectivity index (χ2v) is 5.14. The van der Waals surface area contributed by atoms with Gasteiger partial charge in [0.05, 0.1) is 0 Å². The molecule has 1 rings (SSSR count). The van der Waals surface area contributed by atoms with Crippen molar-refractivity contribution in [3.05, 3.63) is 12.2 Å². The van der Waals surface area contributed by atoms with Gasteiger partial charge < -0.3 is 5.32 Å². The van der Waals surface area contributed by atoms with Crippen molar-refractivity contribution in [3.63, 3.8) is 0 Å². The molecular weight excluding hydrogens is 184 g/mol. The van der Waals surface area contributed by atoms with Gasteiger partial charge in [0.25, 0.3) is 0 Å². The Kier molecular flexibility index (Phi) is 5.34. The number of rotatable bonds is 6. The van der Waals surface area contributed by atoms with Gasteiger partial charge in [0.15, 0.2) is 0 Å². The first kappa shape index (κ1) is 12.7. The van der Waals surface area contributed by atoms with Gasteiger partial charge in [-0.3, -0.25) is 4.90 Å². The summed E-state index contributed by atoms with van der Waals surface area (Å²) in [5.41, 5.74) is 1.30. The zero-order chi connectivity index (χ0) is 11.3. The second-order valence-electron chi connectivity index (χ2n) is 5.14. The van der Waals surface area contributed by atoms with Crippen LogP contribution in [0.3, 0.4) is 0 Å². The molecule has 0 saturated heterocycles. The summed E-state index contributed by atoms with van der Waals surface area (Å²) in [5.74, 6) is 0. The van der Waals surface area contributed by atoms with Crippen LogP contribution in [-0.2, 0) is 0 Å². The summed E-state index contributed by atoms with van der Waals surface area (Å²) < 4.78 is 0. The summed E-state index contributed by atoms with van der Waals surface area (Å²) in [6.45, 7) is 10.5. The summed E-state index contributed by atoms with van der Waals surface area (Å²) in [4.78, 5) is 2.47. The zero-order valence-electron chi connectivity index (χ0n) is 10.6. The van der Waals surface area contributed by atoms with E-state index < -0.39 is 0 Å². The number of likely N-dealkylation sites (N-methyl/N-ethyl adjacent to an activating group) is 1. The van der Waals surface area contributed by atoms with E-state index >= 15 is 0 Å². The lowest BCUT2D eigenvalue weighted by Gasteiger charge is -2.25. The van der Waals surface area contributed by atoms with Crippen LogP contribution < -0.4 is 5.32 Å². The van der Waals surface area contributed by atoms with E-state index in [0.29, 0.717) is 6.04 Å². The summed E-state index contributed by atoms with van der Waals surface area (Å²) in [6.07, 6.45) is 5.57. The van der Waals surface area contributed by atoms with Gasteiger partial charge in [0, 0.05) is 25.2 Å². The Hall–Kier alpha value is -0.340. The Morgan fingerprint density at radius 2 is 2.00 bits per heavy atom. The van der Waals surface area contributed by atoms with Crippen LogP contribution in [0.4, 0.5) is 0 Å². The maximum Gasteiger partial charge on any atom is 0.0202 e. The number of nitrogens with zero attached hydrogens (tertiary/aromatic N) is 1. The minimum Gasteiger partial charge on any atom is -0.311 e. The van der Waals surface area contributed by atoms with E-state index in [1.807, 2.05) is 0 Å². The van der Waals surface area contributed by atoms with E-state index in [0.717, 1.165) is 19.1 Å². The zero-order valence-corrected chi connectivity index (χ0v) is 10.6. The molecule has 0 unspecified atom stereocenters. The monoisotopic (exact) mass is 210 g/mol. The van der Waals surface area contributed by atoms with Gasteiger partial charge in [-0.25, -0.2) is 0 Å². The first-order chi connectivity index (χ1) is 7.09. The highest BCUT2D eigenvalue weighted by atomic mass is 15.1. The van der Waals surface area contributed by atoms with Gasteiger partial charge in [-0.15, -0.1) is 0 Å².